The summed E-state index contributed by atoms with van der Waals surface area (Å²) in [7, 11) is 0. The molecular formula is C16H16N6O. The maximum Gasteiger partial charge on any atom is 0.249 e. The van der Waals surface area contributed by atoms with Crippen LogP contribution in [-0.2, 0) is 4.79 Å². The molecule has 0 spiro atoms. The van der Waals surface area contributed by atoms with Crippen molar-refractivity contribution in [3.8, 4) is 0 Å². The first-order chi connectivity index (χ1) is 11.2. The summed E-state index contributed by atoms with van der Waals surface area (Å²) in [4.78, 5) is 18.8. The molecular weight excluding hydrogens is 292 g/mol. The minimum absolute atomic E-state index is 0.0529. The Morgan fingerprint density at radius 3 is 2.91 bits per heavy atom. The van der Waals surface area contributed by atoms with Crippen LogP contribution in [0.15, 0.2) is 43.0 Å². The molecule has 1 aliphatic heterocycles. The average molecular weight is 308 g/mol. The van der Waals surface area contributed by atoms with Crippen LogP contribution in [0.5, 0.6) is 0 Å². The molecule has 1 N–H and O–H groups in total. The fourth-order valence-electron chi connectivity index (χ4n) is 2.82. The van der Waals surface area contributed by atoms with Gasteiger partial charge in [0.05, 0.1) is 0 Å². The van der Waals surface area contributed by atoms with Crippen LogP contribution in [0.1, 0.15) is 12.0 Å². The molecule has 1 fully saturated rings. The highest BCUT2D eigenvalue weighted by Crippen LogP contribution is 2.24. The van der Waals surface area contributed by atoms with E-state index in [1.807, 2.05) is 31.2 Å². The van der Waals surface area contributed by atoms with Crippen molar-refractivity contribution in [2.75, 3.05) is 16.8 Å². The van der Waals surface area contributed by atoms with Gasteiger partial charge in [-0.2, -0.15) is 0 Å². The van der Waals surface area contributed by atoms with E-state index in [2.05, 4.69) is 20.5 Å². The molecule has 7 nitrogen and oxygen atoms in total. The molecule has 4 rings (SSSR count). The lowest BCUT2D eigenvalue weighted by molar-refractivity contribution is -0.117. The summed E-state index contributed by atoms with van der Waals surface area (Å²) >= 11 is 0. The quantitative estimate of drug-likeness (QED) is 0.796. The monoisotopic (exact) mass is 308 g/mol. The molecule has 1 aliphatic rings. The van der Waals surface area contributed by atoms with E-state index in [1.54, 1.807) is 28.0 Å². The smallest absolute Gasteiger partial charge is 0.249 e. The van der Waals surface area contributed by atoms with Gasteiger partial charge in [0.25, 0.3) is 0 Å². The minimum atomic E-state index is -0.299. The maximum atomic E-state index is 12.7. The Kier molecular flexibility index (Phi) is 3.18. The first-order valence-corrected chi connectivity index (χ1v) is 7.51. The Balaban J connectivity index is 1.56. The number of amides is 1. The summed E-state index contributed by atoms with van der Waals surface area (Å²) in [5.41, 5.74) is 2.73. The van der Waals surface area contributed by atoms with Crippen LogP contribution < -0.4 is 10.2 Å². The summed E-state index contributed by atoms with van der Waals surface area (Å²) in [6.45, 7) is 2.72. The third kappa shape index (κ3) is 2.40. The molecule has 1 aromatic carbocycles. The van der Waals surface area contributed by atoms with Crippen molar-refractivity contribution in [1.82, 2.24) is 19.6 Å². The maximum absolute atomic E-state index is 12.7. The van der Waals surface area contributed by atoms with Crippen molar-refractivity contribution in [1.29, 1.82) is 0 Å². The van der Waals surface area contributed by atoms with Crippen molar-refractivity contribution >= 4 is 23.1 Å². The summed E-state index contributed by atoms with van der Waals surface area (Å²) in [5.74, 6) is 0.631. The molecule has 7 heteroatoms. The van der Waals surface area contributed by atoms with Gasteiger partial charge in [0.15, 0.2) is 5.82 Å². The SMILES string of the molecule is Cc1ccc(N2CC[C@H](Nc3nccn4cnnc34)C2=O)cc1. The Labute approximate surface area is 133 Å². The summed E-state index contributed by atoms with van der Waals surface area (Å²) < 4.78 is 1.77. The number of rotatable bonds is 3. The Hall–Kier alpha value is -2.96. The number of nitrogens with one attached hydrogen (secondary N) is 1. The zero-order valence-electron chi connectivity index (χ0n) is 12.7. The number of nitrogens with zero attached hydrogens (tertiary/aromatic N) is 5. The highest BCUT2D eigenvalue weighted by molar-refractivity contribution is 6.01. The molecule has 116 valence electrons. The molecule has 23 heavy (non-hydrogen) atoms. The van der Waals surface area contributed by atoms with Crippen molar-refractivity contribution in [3.63, 3.8) is 0 Å². The lowest BCUT2D eigenvalue weighted by Gasteiger charge is -2.17. The molecule has 0 bridgehead atoms. The molecule has 0 unspecified atom stereocenters. The molecule has 1 amide bonds. The highest BCUT2D eigenvalue weighted by Gasteiger charge is 2.33. The van der Waals surface area contributed by atoms with Crippen molar-refractivity contribution in [2.45, 2.75) is 19.4 Å². The van der Waals surface area contributed by atoms with Crippen LogP contribution in [-0.4, -0.2) is 38.1 Å². The Morgan fingerprint density at radius 1 is 1.26 bits per heavy atom. The second-order valence-corrected chi connectivity index (χ2v) is 5.65. The van der Waals surface area contributed by atoms with Gasteiger partial charge in [0.2, 0.25) is 11.6 Å². The molecule has 0 saturated carbocycles. The zero-order valence-corrected chi connectivity index (χ0v) is 12.7. The van der Waals surface area contributed by atoms with Gasteiger partial charge in [0, 0.05) is 24.6 Å². The van der Waals surface area contributed by atoms with Crippen LogP contribution in [0.2, 0.25) is 0 Å². The van der Waals surface area contributed by atoms with Crippen molar-refractivity contribution in [2.24, 2.45) is 0 Å². The summed E-state index contributed by atoms with van der Waals surface area (Å²) in [6.07, 6.45) is 5.77. The Morgan fingerprint density at radius 2 is 2.09 bits per heavy atom. The number of fused-ring (bicyclic) bond motifs is 1. The number of carbonyl (C=O) groups excluding carboxylic acids is 1. The predicted octanol–water partition coefficient (Wildman–Crippen LogP) is 1.65. The number of carbonyl (C=O) groups is 1. The fraction of sp³-hybridized carbons (Fsp3) is 0.250. The third-order valence-corrected chi connectivity index (χ3v) is 4.08. The van der Waals surface area contributed by atoms with Gasteiger partial charge in [0.1, 0.15) is 12.4 Å². The zero-order chi connectivity index (χ0) is 15.8. The van der Waals surface area contributed by atoms with Crippen molar-refractivity contribution in [3.05, 3.63) is 48.5 Å². The number of anilines is 2. The second-order valence-electron chi connectivity index (χ2n) is 5.65. The lowest BCUT2D eigenvalue weighted by Crippen LogP contribution is -2.33. The molecule has 1 atom stereocenters. The van der Waals surface area contributed by atoms with Crippen LogP contribution in [0.4, 0.5) is 11.5 Å². The van der Waals surface area contributed by atoms with Crippen LogP contribution >= 0.6 is 0 Å². The molecule has 3 aromatic rings. The first kappa shape index (κ1) is 13.7. The molecule has 1 saturated heterocycles. The third-order valence-electron chi connectivity index (χ3n) is 4.08. The lowest BCUT2D eigenvalue weighted by atomic mass is 10.2. The topological polar surface area (TPSA) is 75.4 Å². The van der Waals surface area contributed by atoms with Crippen molar-refractivity contribution < 1.29 is 4.79 Å². The number of benzene rings is 1. The van der Waals surface area contributed by atoms with E-state index in [0.717, 1.165) is 12.1 Å². The van der Waals surface area contributed by atoms with Crippen LogP contribution in [0.3, 0.4) is 0 Å². The van der Waals surface area contributed by atoms with E-state index in [9.17, 15) is 4.79 Å². The van der Waals surface area contributed by atoms with Gasteiger partial charge in [-0.25, -0.2) is 4.98 Å². The predicted molar refractivity (Wildman–Crippen MR) is 86.3 cm³/mol. The molecule has 2 aromatic heterocycles. The largest absolute Gasteiger partial charge is 0.355 e. The Bertz CT molecular complexity index is 856. The minimum Gasteiger partial charge on any atom is -0.355 e. The van der Waals surface area contributed by atoms with E-state index in [4.69, 9.17) is 0 Å². The first-order valence-electron chi connectivity index (χ1n) is 7.51. The van der Waals surface area contributed by atoms with Gasteiger partial charge in [-0.15, -0.1) is 10.2 Å². The molecule has 3 heterocycles. The highest BCUT2D eigenvalue weighted by atomic mass is 16.2. The number of aryl methyl sites for hydroxylation is 1. The molecule has 0 radical (unpaired) electrons. The number of hydrogen-bond acceptors (Lipinski definition) is 5. The number of hydrogen-bond donors (Lipinski definition) is 1. The van der Waals surface area contributed by atoms with Gasteiger partial charge >= 0.3 is 0 Å². The van der Waals surface area contributed by atoms with Gasteiger partial charge < -0.3 is 10.2 Å². The summed E-state index contributed by atoms with van der Waals surface area (Å²) in [6, 6.07) is 7.69. The summed E-state index contributed by atoms with van der Waals surface area (Å²) in [5, 5.41) is 11.1. The van der Waals surface area contributed by atoms with Crippen LogP contribution in [0.25, 0.3) is 5.65 Å². The molecule has 0 aliphatic carbocycles. The van der Waals surface area contributed by atoms with Gasteiger partial charge in [-0.1, -0.05) is 17.7 Å². The van der Waals surface area contributed by atoms with E-state index in [0.29, 0.717) is 18.0 Å². The van der Waals surface area contributed by atoms with E-state index >= 15 is 0 Å². The standard InChI is InChI=1S/C16H16N6O/c1-11-2-4-12(5-3-11)22-8-6-13(16(22)23)19-14-15-20-18-10-21(15)9-7-17-14/h2-5,7,9-10,13H,6,8H2,1H3,(H,17,19)/t13-/m0/s1. The number of aromatic nitrogens is 4. The van der Waals surface area contributed by atoms with Gasteiger partial charge in [-0.3, -0.25) is 9.20 Å². The average Bonchev–Trinajstić information content (AvgIpc) is 3.17. The normalized spacial score (nSPS) is 17.9. The van der Waals surface area contributed by atoms with E-state index in [-0.39, 0.29) is 11.9 Å². The van der Waals surface area contributed by atoms with Gasteiger partial charge in [-0.05, 0) is 25.5 Å². The van der Waals surface area contributed by atoms with Crippen LogP contribution in [0, 0.1) is 6.92 Å². The van der Waals surface area contributed by atoms with E-state index in [1.165, 1.54) is 5.56 Å². The fourth-order valence-corrected chi connectivity index (χ4v) is 2.82. The van der Waals surface area contributed by atoms with E-state index < -0.39 is 0 Å². The second kappa shape index (κ2) is 5.35.